The van der Waals surface area contributed by atoms with Crippen molar-refractivity contribution in [3.05, 3.63) is 20.8 Å². The number of hydrogen-bond donors (Lipinski definition) is 2. The van der Waals surface area contributed by atoms with Crippen LogP contribution < -0.4 is 16.0 Å². The van der Waals surface area contributed by atoms with Crippen LogP contribution in [0.2, 0.25) is 0 Å². The van der Waals surface area contributed by atoms with Gasteiger partial charge < -0.3 is 9.84 Å². The minimum Gasteiger partial charge on any atom is -0.457 e. The van der Waals surface area contributed by atoms with Crippen LogP contribution in [0.5, 0.6) is 6.01 Å². The Morgan fingerprint density at radius 3 is 3.06 bits per heavy atom. The lowest BCUT2D eigenvalue weighted by atomic mass is 10.4. The molecule has 3 rings (SSSR count). The second-order valence-electron chi connectivity index (χ2n) is 3.92. The maximum atomic E-state index is 11.7. The fourth-order valence-corrected chi connectivity index (χ4v) is 1.96. The molecule has 1 unspecified atom stereocenters. The van der Waals surface area contributed by atoms with Crippen LogP contribution in [0.15, 0.2) is 9.59 Å². The molecule has 2 aromatic rings. The van der Waals surface area contributed by atoms with E-state index in [1.54, 1.807) is 4.57 Å². The van der Waals surface area contributed by atoms with Crippen LogP contribution in [0.1, 0.15) is 0 Å². The van der Waals surface area contributed by atoms with Crippen molar-refractivity contribution in [1.29, 1.82) is 0 Å². The number of nitrogens with one attached hydrogen (secondary N) is 1. The molecule has 1 aliphatic heterocycles. The molecule has 8 nitrogen and oxygen atoms in total. The van der Waals surface area contributed by atoms with Gasteiger partial charge in [-0.05, 0) is 0 Å². The quantitative estimate of drug-likeness (QED) is 0.608. The molecule has 17 heavy (non-hydrogen) atoms. The summed E-state index contributed by atoms with van der Waals surface area (Å²) in [7, 11) is 1.52. The number of aliphatic hydroxyl groups is 1. The molecule has 0 bridgehead atoms. The molecule has 3 heterocycles. The van der Waals surface area contributed by atoms with Crippen molar-refractivity contribution in [1.82, 2.24) is 19.1 Å². The van der Waals surface area contributed by atoms with E-state index >= 15 is 0 Å². The number of aryl methyl sites for hydroxylation is 1. The van der Waals surface area contributed by atoms with E-state index in [-0.39, 0.29) is 23.8 Å². The highest BCUT2D eigenvalue weighted by atomic mass is 16.5. The number of hydrogen-bond acceptors (Lipinski definition) is 5. The first-order valence-corrected chi connectivity index (χ1v) is 5.09. The third-order valence-corrected chi connectivity index (χ3v) is 2.83. The van der Waals surface area contributed by atoms with Crippen LogP contribution in [0.3, 0.4) is 0 Å². The van der Waals surface area contributed by atoms with Crippen LogP contribution >= 0.6 is 0 Å². The minimum absolute atomic E-state index is 0.144. The summed E-state index contributed by atoms with van der Waals surface area (Å²) in [6.07, 6.45) is -0.390. The van der Waals surface area contributed by atoms with Gasteiger partial charge in [0.15, 0.2) is 11.2 Å². The van der Waals surface area contributed by atoms with Gasteiger partial charge in [0.1, 0.15) is 6.10 Å². The molecular weight excluding hydrogens is 228 g/mol. The number of H-pyrrole nitrogens is 1. The van der Waals surface area contributed by atoms with Gasteiger partial charge in [0, 0.05) is 7.05 Å². The summed E-state index contributed by atoms with van der Waals surface area (Å²) < 4.78 is 8.14. The summed E-state index contributed by atoms with van der Waals surface area (Å²) in [5.74, 6) is 0. The lowest BCUT2D eigenvalue weighted by molar-refractivity contribution is 0.130. The number of aromatic amines is 1. The third-order valence-electron chi connectivity index (χ3n) is 2.83. The first-order chi connectivity index (χ1) is 8.11. The summed E-state index contributed by atoms with van der Waals surface area (Å²) in [6, 6.07) is 0.255. The molecule has 0 radical (unpaired) electrons. The van der Waals surface area contributed by atoms with E-state index in [1.807, 2.05) is 0 Å². The zero-order valence-electron chi connectivity index (χ0n) is 9.01. The van der Waals surface area contributed by atoms with Crippen molar-refractivity contribution < 1.29 is 9.84 Å². The molecule has 90 valence electrons. The zero-order valence-corrected chi connectivity index (χ0v) is 9.01. The Balaban J connectivity index is 2.35. The van der Waals surface area contributed by atoms with Gasteiger partial charge in [0.05, 0.1) is 13.2 Å². The predicted molar refractivity (Wildman–Crippen MR) is 57.1 cm³/mol. The summed E-state index contributed by atoms with van der Waals surface area (Å²) in [5, 5.41) is 8.99. The zero-order chi connectivity index (χ0) is 12.2. The molecule has 8 heteroatoms. The molecule has 0 spiro atoms. The molecule has 0 amide bonds. The van der Waals surface area contributed by atoms with E-state index < -0.39 is 17.4 Å². The number of fused-ring (bicyclic) bond motifs is 3. The average Bonchev–Trinajstić information content (AvgIpc) is 2.81. The summed E-state index contributed by atoms with van der Waals surface area (Å²) in [6.45, 7) is 0.206. The Bertz CT molecular complexity index is 710. The Labute approximate surface area is 94.1 Å². The van der Waals surface area contributed by atoms with Gasteiger partial charge in [-0.1, -0.05) is 0 Å². The van der Waals surface area contributed by atoms with Crippen LogP contribution in [-0.4, -0.2) is 36.9 Å². The molecule has 1 aliphatic rings. The topological polar surface area (TPSA) is 102 Å². The molecule has 0 aliphatic carbocycles. The van der Waals surface area contributed by atoms with Crippen LogP contribution in [0.4, 0.5) is 0 Å². The molecule has 0 saturated heterocycles. The van der Waals surface area contributed by atoms with E-state index in [0.717, 1.165) is 0 Å². The van der Waals surface area contributed by atoms with Crippen molar-refractivity contribution >= 4 is 11.2 Å². The first-order valence-electron chi connectivity index (χ1n) is 5.09. The van der Waals surface area contributed by atoms with Crippen molar-refractivity contribution in [2.24, 2.45) is 7.05 Å². The highest BCUT2D eigenvalue weighted by molar-refractivity contribution is 5.72. The lowest BCUT2D eigenvalue weighted by Gasteiger charge is -2.04. The van der Waals surface area contributed by atoms with Crippen molar-refractivity contribution in [3.63, 3.8) is 0 Å². The SMILES string of the molecule is Cn1c(=O)[nH]c(=O)c2c1nc1n2CC(CO)O1. The smallest absolute Gasteiger partial charge is 0.329 e. The largest absolute Gasteiger partial charge is 0.457 e. The van der Waals surface area contributed by atoms with Gasteiger partial charge in [0.25, 0.3) is 11.6 Å². The average molecular weight is 238 g/mol. The fourth-order valence-electron chi connectivity index (χ4n) is 1.96. The molecule has 2 aromatic heterocycles. The Morgan fingerprint density at radius 2 is 2.35 bits per heavy atom. The van der Waals surface area contributed by atoms with Crippen molar-refractivity contribution in [2.75, 3.05) is 6.61 Å². The Morgan fingerprint density at radius 1 is 1.59 bits per heavy atom. The number of nitrogens with zero attached hydrogens (tertiary/aromatic N) is 3. The normalized spacial score (nSPS) is 18.4. The highest BCUT2D eigenvalue weighted by Crippen LogP contribution is 2.24. The number of ether oxygens (including phenoxy) is 1. The molecule has 1 atom stereocenters. The van der Waals surface area contributed by atoms with Gasteiger partial charge in [-0.25, -0.2) is 4.79 Å². The van der Waals surface area contributed by atoms with Gasteiger partial charge in [-0.15, -0.1) is 0 Å². The maximum absolute atomic E-state index is 11.7. The monoisotopic (exact) mass is 238 g/mol. The van der Waals surface area contributed by atoms with E-state index in [4.69, 9.17) is 9.84 Å². The Hall–Kier alpha value is -2.09. The van der Waals surface area contributed by atoms with Gasteiger partial charge in [-0.2, -0.15) is 4.98 Å². The molecule has 0 fully saturated rings. The molecule has 0 saturated carbocycles. The summed E-state index contributed by atoms with van der Waals surface area (Å²) in [4.78, 5) is 29.4. The standard InChI is InChI=1S/C9H10N4O4/c1-12-6-5(7(15)11-8(12)16)13-2-4(3-14)17-9(13)10-6/h4,14H,2-3H2,1H3,(H,11,15,16). The van der Waals surface area contributed by atoms with E-state index in [9.17, 15) is 9.59 Å². The van der Waals surface area contributed by atoms with E-state index in [2.05, 4.69) is 9.97 Å². The third kappa shape index (κ3) is 1.24. The first kappa shape index (κ1) is 10.1. The number of imidazole rings is 1. The van der Waals surface area contributed by atoms with E-state index in [0.29, 0.717) is 6.54 Å². The predicted octanol–water partition coefficient (Wildman–Crippen LogP) is -1.82. The van der Waals surface area contributed by atoms with Gasteiger partial charge >= 0.3 is 5.69 Å². The number of aromatic nitrogens is 4. The highest BCUT2D eigenvalue weighted by Gasteiger charge is 2.28. The summed E-state index contributed by atoms with van der Waals surface area (Å²) in [5.41, 5.74) is -0.440. The Kier molecular flexibility index (Phi) is 1.90. The second kappa shape index (κ2) is 3.20. The van der Waals surface area contributed by atoms with Crippen molar-refractivity contribution in [2.45, 2.75) is 12.6 Å². The number of rotatable bonds is 1. The lowest BCUT2D eigenvalue weighted by Crippen LogP contribution is -2.30. The minimum atomic E-state index is -0.516. The number of aliphatic hydroxyl groups excluding tert-OH is 1. The summed E-state index contributed by atoms with van der Waals surface area (Å²) >= 11 is 0. The van der Waals surface area contributed by atoms with Gasteiger partial charge in [0.2, 0.25) is 0 Å². The van der Waals surface area contributed by atoms with Gasteiger partial charge in [-0.3, -0.25) is 18.9 Å². The second-order valence-corrected chi connectivity index (χ2v) is 3.92. The maximum Gasteiger partial charge on any atom is 0.329 e. The van der Waals surface area contributed by atoms with Crippen LogP contribution in [0, 0.1) is 0 Å². The van der Waals surface area contributed by atoms with E-state index in [1.165, 1.54) is 11.6 Å². The van der Waals surface area contributed by atoms with Crippen LogP contribution in [-0.2, 0) is 13.6 Å². The molecule has 0 aromatic carbocycles. The molecule has 2 N–H and O–H groups in total. The van der Waals surface area contributed by atoms with Crippen molar-refractivity contribution in [3.8, 4) is 6.01 Å². The van der Waals surface area contributed by atoms with Crippen LogP contribution in [0.25, 0.3) is 11.2 Å². The molecular formula is C9H10N4O4. The fraction of sp³-hybridized carbons (Fsp3) is 0.444.